The van der Waals surface area contributed by atoms with Crippen LogP contribution in [0.25, 0.3) is 0 Å². The predicted octanol–water partition coefficient (Wildman–Crippen LogP) is 18.7. The van der Waals surface area contributed by atoms with Crippen molar-refractivity contribution in [1.29, 1.82) is 0 Å². The van der Waals surface area contributed by atoms with E-state index in [2.05, 4.69) is 45.1 Å². The Bertz CT molecular complexity index is 1040. The van der Waals surface area contributed by atoms with Crippen LogP contribution in [0.2, 0.25) is 0 Å². The molecular formula is C58H108O6. The van der Waals surface area contributed by atoms with Gasteiger partial charge in [-0.2, -0.15) is 0 Å². The highest BCUT2D eigenvalue weighted by Crippen LogP contribution is 2.17. The summed E-state index contributed by atoms with van der Waals surface area (Å²) in [6, 6.07) is 0. The predicted molar refractivity (Wildman–Crippen MR) is 275 cm³/mol. The van der Waals surface area contributed by atoms with Crippen molar-refractivity contribution in [3.63, 3.8) is 0 Å². The highest BCUT2D eigenvalue weighted by Gasteiger charge is 2.19. The molecule has 0 aliphatic rings. The van der Waals surface area contributed by atoms with Crippen molar-refractivity contribution >= 4 is 17.9 Å². The van der Waals surface area contributed by atoms with Gasteiger partial charge in [-0.3, -0.25) is 14.4 Å². The van der Waals surface area contributed by atoms with Crippen LogP contribution in [0, 0.1) is 0 Å². The lowest BCUT2D eigenvalue weighted by Crippen LogP contribution is -2.30. The molecule has 6 nitrogen and oxygen atoms in total. The standard InChI is InChI=1S/C58H108O6/c1-4-7-10-13-16-19-21-23-25-27-29-30-32-33-35-37-39-42-45-48-51-57(60)63-54-55(53-62-56(59)50-47-44-41-18-15-12-9-6-3)64-58(61)52-49-46-43-40-38-36-34-31-28-26-24-22-20-17-14-11-8-5-2/h20,22,26,28,55H,4-19,21,23-25,27,29-54H2,1-3H3/b22-20-,28-26-. The van der Waals surface area contributed by atoms with Crippen molar-refractivity contribution < 1.29 is 28.6 Å². The summed E-state index contributed by atoms with van der Waals surface area (Å²) >= 11 is 0. The second-order valence-electron chi connectivity index (χ2n) is 19.2. The zero-order chi connectivity index (χ0) is 46.5. The summed E-state index contributed by atoms with van der Waals surface area (Å²) in [7, 11) is 0. The average molecular weight is 901 g/mol. The van der Waals surface area contributed by atoms with Gasteiger partial charge in [0.15, 0.2) is 6.10 Å². The highest BCUT2D eigenvalue weighted by molar-refractivity contribution is 5.71. The van der Waals surface area contributed by atoms with Crippen LogP contribution in [-0.2, 0) is 28.6 Å². The number of hydrogen-bond acceptors (Lipinski definition) is 6. The van der Waals surface area contributed by atoms with Gasteiger partial charge in [-0.1, -0.05) is 263 Å². The molecule has 0 aliphatic heterocycles. The quantitative estimate of drug-likeness (QED) is 0.0262. The fourth-order valence-electron chi connectivity index (χ4n) is 8.42. The van der Waals surface area contributed by atoms with Gasteiger partial charge >= 0.3 is 17.9 Å². The van der Waals surface area contributed by atoms with Crippen molar-refractivity contribution in [1.82, 2.24) is 0 Å². The van der Waals surface area contributed by atoms with E-state index in [1.165, 1.54) is 199 Å². The minimum absolute atomic E-state index is 0.0696. The van der Waals surface area contributed by atoms with E-state index in [0.29, 0.717) is 19.3 Å². The Morgan fingerprint density at radius 3 is 0.875 bits per heavy atom. The molecule has 0 N–H and O–H groups in total. The fraction of sp³-hybridized carbons (Fsp3) is 0.879. The first-order valence-electron chi connectivity index (χ1n) is 28.3. The van der Waals surface area contributed by atoms with E-state index in [1.54, 1.807) is 0 Å². The zero-order valence-corrected chi connectivity index (χ0v) is 43.1. The van der Waals surface area contributed by atoms with Crippen molar-refractivity contribution in [2.24, 2.45) is 0 Å². The maximum Gasteiger partial charge on any atom is 0.306 e. The van der Waals surface area contributed by atoms with E-state index in [1.807, 2.05) is 0 Å². The Morgan fingerprint density at radius 2 is 0.562 bits per heavy atom. The Kier molecular flexibility index (Phi) is 51.7. The molecule has 0 fully saturated rings. The molecule has 0 aromatic carbocycles. The van der Waals surface area contributed by atoms with Crippen LogP contribution in [0.1, 0.15) is 310 Å². The van der Waals surface area contributed by atoms with Gasteiger partial charge in [-0.25, -0.2) is 0 Å². The summed E-state index contributed by atoms with van der Waals surface area (Å²) in [4.78, 5) is 38.0. The number of carbonyl (C=O) groups is 3. The Labute approximate surface area is 398 Å². The molecule has 0 aromatic heterocycles. The molecule has 1 unspecified atom stereocenters. The summed E-state index contributed by atoms with van der Waals surface area (Å²) in [6.45, 7) is 6.63. The Balaban J connectivity index is 4.21. The first-order valence-corrected chi connectivity index (χ1v) is 28.3. The zero-order valence-electron chi connectivity index (χ0n) is 43.1. The molecule has 0 aliphatic carbocycles. The van der Waals surface area contributed by atoms with E-state index >= 15 is 0 Å². The van der Waals surface area contributed by atoms with Gasteiger partial charge in [0.1, 0.15) is 13.2 Å². The maximum atomic E-state index is 12.8. The molecule has 0 amide bonds. The third-order valence-corrected chi connectivity index (χ3v) is 12.7. The highest BCUT2D eigenvalue weighted by atomic mass is 16.6. The third-order valence-electron chi connectivity index (χ3n) is 12.7. The van der Waals surface area contributed by atoms with Crippen LogP contribution in [0.4, 0.5) is 0 Å². The maximum absolute atomic E-state index is 12.8. The van der Waals surface area contributed by atoms with E-state index < -0.39 is 6.10 Å². The minimum atomic E-state index is -0.769. The van der Waals surface area contributed by atoms with Gasteiger partial charge in [0.05, 0.1) is 0 Å². The molecule has 6 heteroatoms. The van der Waals surface area contributed by atoms with Crippen molar-refractivity contribution in [3.8, 4) is 0 Å². The summed E-state index contributed by atoms with van der Waals surface area (Å²) in [5.41, 5.74) is 0. The van der Waals surface area contributed by atoms with Crippen LogP contribution < -0.4 is 0 Å². The van der Waals surface area contributed by atoms with E-state index in [4.69, 9.17) is 14.2 Å². The molecule has 0 radical (unpaired) electrons. The molecule has 0 bridgehead atoms. The van der Waals surface area contributed by atoms with Gasteiger partial charge in [0.25, 0.3) is 0 Å². The van der Waals surface area contributed by atoms with Gasteiger partial charge < -0.3 is 14.2 Å². The summed E-state index contributed by atoms with van der Waals surface area (Å²) in [6.07, 6.45) is 61.8. The molecular weight excluding hydrogens is 793 g/mol. The lowest BCUT2D eigenvalue weighted by atomic mass is 10.0. The van der Waals surface area contributed by atoms with E-state index in [-0.39, 0.29) is 31.1 Å². The number of hydrogen-bond donors (Lipinski definition) is 0. The summed E-state index contributed by atoms with van der Waals surface area (Å²) in [5.74, 6) is -0.864. The Morgan fingerprint density at radius 1 is 0.312 bits per heavy atom. The largest absolute Gasteiger partial charge is 0.462 e. The van der Waals surface area contributed by atoms with Crippen LogP contribution >= 0.6 is 0 Å². The first-order chi connectivity index (χ1) is 31.5. The lowest BCUT2D eigenvalue weighted by Gasteiger charge is -2.18. The van der Waals surface area contributed by atoms with Gasteiger partial charge in [0, 0.05) is 19.3 Å². The molecule has 0 saturated carbocycles. The number of rotatable bonds is 52. The minimum Gasteiger partial charge on any atom is -0.462 e. The Hall–Kier alpha value is -2.11. The second kappa shape index (κ2) is 53.5. The molecule has 0 aromatic rings. The smallest absolute Gasteiger partial charge is 0.306 e. The average Bonchev–Trinajstić information content (AvgIpc) is 3.29. The molecule has 0 heterocycles. The van der Waals surface area contributed by atoms with Crippen molar-refractivity contribution in [2.75, 3.05) is 13.2 Å². The number of esters is 3. The monoisotopic (exact) mass is 901 g/mol. The van der Waals surface area contributed by atoms with Crippen LogP contribution in [0.3, 0.4) is 0 Å². The number of allylic oxidation sites excluding steroid dienone is 4. The second-order valence-corrected chi connectivity index (χ2v) is 19.2. The molecule has 0 rings (SSSR count). The molecule has 0 saturated heterocycles. The SMILES string of the molecule is CCCCCC/C=C\C/C=C\CCCCCCCCCC(=O)OC(COC(=O)CCCCCCCCCC)COC(=O)CCCCCCCCCCCCCCCCCCCCCC. The molecule has 64 heavy (non-hydrogen) atoms. The molecule has 0 spiro atoms. The molecule has 1 atom stereocenters. The number of carbonyl (C=O) groups excluding carboxylic acids is 3. The first kappa shape index (κ1) is 61.9. The van der Waals surface area contributed by atoms with Gasteiger partial charge in [0.2, 0.25) is 0 Å². The normalized spacial score (nSPS) is 12.1. The van der Waals surface area contributed by atoms with Crippen molar-refractivity contribution in [3.05, 3.63) is 24.3 Å². The summed E-state index contributed by atoms with van der Waals surface area (Å²) < 4.78 is 16.8. The van der Waals surface area contributed by atoms with Gasteiger partial charge in [-0.05, 0) is 51.4 Å². The van der Waals surface area contributed by atoms with E-state index in [0.717, 1.165) is 70.6 Å². The third kappa shape index (κ3) is 50.9. The summed E-state index contributed by atoms with van der Waals surface area (Å²) in [5, 5.41) is 0. The topological polar surface area (TPSA) is 78.9 Å². The van der Waals surface area contributed by atoms with Gasteiger partial charge in [-0.15, -0.1) is 0 Å². The fourth-order valence-corrected chi connectivity index (χ4v) is 8.42. The van der Waals surface area contributed by atoms with E-state index in [9.17, 15) is 14.4 Å². The lowest BCUT2D eigenvalue weighted by molar-refractivity contribution is -0.167. The number of unbranched alkanes of at least 4 members (excludes halogenated alkanes) is 37. The van der Waals surface area contributed by atoms with Crippen molar-refractivity contribution in [2.45, 2.75) is 316 Å². The van der Waals surface area contributed by atoms with Crippen LogP contribution in [-0.4, -0.2) is 37.2 Å². The van der Waals surface area contributed by atoms with Crippen LogP contribution in [0.5, 0.6) is 0 Å². The number of ether oxygens (including phenoxy) is 3. The molecule has 376 valence electrons. The van der Waals surface area contributed by atoms with Crippen LogP contribution in [0.15, 0.2) is 24.3 Å².